The van der Waals surface area contributed by atoms with Crippen molar-refractivity contribution in [2.45, 2.75) is 64.8 Å². The Morgan fingerprint density at radius 2 is 2.11 bits per heavy atom. The summed E-state index contributed by atoms with van der Waals surface area (Å²) in [6.07, 6.45) is 5.65. The predicted molar refractivity (Wildman–Crippen MR) is 107 cm³/mol. The zero-order valence-corrected chi connectivity index (χ0v) is 17.6. The molecular formula is C21H26Cl2O4. The molecule has 0 radical (unpaired) electrons. The third-order valence-electron chi connectivity index (χ3n) is 5.53. The first-order chi connectivity index (χ1) is 12.5. The highest BCUT2D eigenvalue weighted by molar-refractivity contribution is 6.35. The summed E-state index contributed by atoms with van der Waals surface area (Å²) >= 11 is 11.9. The topological polar surface area (TPSA) is 55.8 Å². The van der Waals surface area contributed by atoms with Gasteiger partial charge in [0, 0.05) is 11.4 Å². The molecule has 1 aliphatic rings. The molecule has 148 valence electrons. The number of carbonyl (C=O) groups excluding carboxylic acids is 1. The summed E-state index contributed by atoms with van der Waals surface area (Å²) in [6.45, 7) is 7.45. The summed E-state index contributed by atoms with van der Waals surface area (Å²) < 4.78 is 11.3. The number of aliphatic hydroxyl groups is 1. The fourth-order valence-electron chi connectivity index (χ4n) is 3.81. The lowest BCUT2D eigenvalue weighted by molar-refractivity contribution is -0.183. The van der Waals surface area contributed by atoms with Crippen molar-refractivity contribution in [3.8, 4) is 18.1 Å². The number of hydrogen-bond acceptors (Lipinski definition) is 4. The average molecular weight is 413 g/mol. The van der Waals surface area contributed by atoms with E-state index in [1.54, 1.807) is 25.1 Å². The highest BCUT2D eigenvalue weighted by Crippen LogP contribution is 2.49. The van der Waals surface area contributed by atoms with Crippen LogP contribution in [0.5, 0.6) is 5.75 Å². The van der Waals surface area contributed by atoms with Crippen LogP contribution in [0.2, 0.25) is 10.0 Å². The standard InChI is InChI=1S/C21H26Cl2O4/c1-6-9-21(25)13(2)10-16(12-20(21,4)5)27-19(24)14(3)26-18-8-7-15(22)11-17(18)23/h1,7-8,11,13-14,16,25H,9-10,12H2,2-5H3. The SMILES string of the molecule is C#CCC1(O)C(C)CC(OC(=O)C(C)Oc2ccc(Cl)cc2Cl)CC1(C)C. The van der Waals surface area contributed by atoms with Crippen LogP contribution >= 0.6 is 23.2 Å². The maximum Gasteiger partial charge on any atom is 0.347 e. The Labute approximate surface area is 171 Å². The molecule has 1 fully saturated rings. The molecule has 2 rings (SSSR count). The van der Waals surface area contributed by atoms with Crippen LogP contribution in [-0.4, -0.2) is 28.9 Å². The summed E-state index contributed by atoms with van der Waals surface area (Å²) in [5.41, 5.74) is -1.46. The number of rotatable bonds is 5. The predicted octanol–water partition coefficient (Wildman–Crippen LogP) is 4.88. The molecule has 0 spiro atoms. The Morgan fingerprint density at radius 1 is 1.44 bits per heavy atom. The quantitative estimate of drug-likeness (QED) is 0.552. The summed E-state index contributed by atoms with van der Waals surface area (Å²) in [7, 11) is 0. The summed E-state index contributed by atoms with van der Waals surface area (Å²) in [5, 5.41) is 11.9. The van der Waals surface area contributed by atoms with E-state index in [2.05, 4.69) is 5.92 Å². The molecule has 4 nitrogen and oxygen atoms in total. The average Bonchev–Trinajstić information content (AvgIpc) is 2.55. The number of esters is 1. The second kappa shape index (κ2) is 8.31. The van der Waals surface area contributed by atoms with Crippen LogP contribution in [-0.2, 0) is 9.53 Å². The van der Waals surface area contributed by atoms with Gasteiger partial charge in [0.1, 0.15) is 11.9 Å². The van der Waals surface area contributed by atoms with Crippen molar-refractivity contribution in [2.24, 2.45) is 11.3 Å². The highest BCUT2D eigenvalue weighted by atomic mass is 35.5. The van der Waals surface area contributed by atoms with Crippen LogP contribution in [0.1, 0.15) is 47.0 Å². The molecule has 1 aliphatic carbocycles. The van der Waals surface area contributed by atoms with Gasteiger partial charge in [-0.3, -0.25) is 0 Å². The number of ether oxygens (including phenoxy) is 2. The molecule has 0 bridgehead atoms. The van der Waals surface area contributed by atoms with Gasteiger partial charge < -0.3 is 14.6 Å². The van der Waals surface area contributed by atoms with Crippen LogP contribution in [0.15, 0.2) is 18.2 Å². The minimum absolute atomic E-state index is 0.1000. The fourth-order valence-corrected chi connectivity index (χ4v) is 4.27. The van der Waals surface area contributed by atoms with E-state index in [1.165, 1.54) is 0 Å². The monoisotopic (exact) mass is 412 g/mol. The van der Waals surface area contributed by atoms with E-state index < -0.39 is 23.1 Å². The van der Waals surface area contributed by atoms with Crippen LogP contribution in [0.25, 0.3) is 0 Å². The lowest BCUT2D eigenvalue weighted by Crippen LogP contribution is -2.56. The zero-order valence-electron chi connectivity index (χ0n) is 16.1. The molecule has 1 saturated carbocycles. The molecule has 6 heteroatoms. The van der Waals surface area contributed by atoms with Gasteiger partial charge in [-0.2, -0.15) is 0 Å². The maximum atomic E-state index is 12.5. The molecule has 1 aromatic rings. The second-order valence-corrected chi connectivity index (χ2v) is 8.77. The van der Waals surface area contributed by atoms with Gasteiger partial charge >= 0.3 is 5.97 Å². The Balaban J connectivity index is 2.02. The number of benzene rings is 1. The Hall–Kier alpha value is -1.41. The minimum atomic E-state index is -0.983. The summed E-state index contributed by atoms with van der Waals surface area (Å²) in [4.78, 5) is 12.5. The first-order valence-electron chi connectivity index (χ1n) is 8.98. The van der Waals surface area contributed by atoms with Crippen LogP contribution in [0, 0.1) is 23.7 Å². The smallest absolute Gasteiger partial charge is 0.347 e. The van der Waals surface area contributed by atoms with E-state index in [0.717, 1.165) is 0 Å². The van der Waals surface area contributed by atoms with Gasteiger partial charge in [-0.25, -0.2) is 4.79 Å². The van der Waals surface area contributed by atoms with Crippen molar-refractivity contribution in [1.29, 1.82) is 0 Å². The third kappa shape index (κ3) is 4.71. The Kier molecular flexibility index (Phi) is 6.73. The maximum absolute atomic E-state index is 12.5. The van der Waals surface area contributed by atoms with Crippen molar-refractivity contribution in [3.63, 3.8) is 0 Å². The van der Waals surface area contributed by atoms with Crippen molar-refractivity contribution >= 4 is 29.2 Å². The highest BCUT2D eigenvalue weighted by Gasteiger charge is 2.52. The molecule has 27 heavy (non-hydrogen) atoms. The first-order valence-corrected chi connectivity index (χ1v) is 9.74. The minimum Gasteiger partial charge on any atom is -0.477 e. The van der Waals surface area contributed by atoms with E-state index in [4.69, 9.17) is 39.1 Å². The molecule has 0 amide bonds. The molecule has 4 unspecified atom stereocenters. The van der Waals surface area contributed by atoms with E-state index in [9.17, 15) is 9.90 Å². The van der Waals surface area contributed by atoms with Crippen molar-refractivity contribution in [3.05, 3.63) is 28.2 Å². The van der Waals surface area contributed by atoms with Gasteiger partial charge in [0.25, 0.3) is 0 Å². The first kappa shape index (κ1) is 21.9. The van der Waals surface area contributed by atoms with Crippen LogP contribution in [0.3, 0.4) is 0 Å². The van der Waals surface area contributed by atoms with Gasteiger partial charge in [-0.1, -0.05) is 44.0 Å². The Bertz CT molecular complexity index is 740. The molecule has 0 aromatic heterocycles. The molecular weight excluding hydrogens is 387 g/mol. The number of halogens is 2. The molecule has 0 aliphatic heterocycles. The molecule has 1 N–H and O–H groups in total. The number of terminal acetylenes is 1. The van der Waals surface area contributed by atoms with Gasteiger partial charge in [0.2, 0.25) is 0 Å². The zero-order chi connectivity index (χ0) is 20.4. The lowest BCUT2D eigenvalue weighted by Gasteiger charge is -2.52. The van der Waals surface area contributed by atoms with Crippen LogP contribution in [0.4, 0.5) is 0 Å². The molecule has 4 atom stereocenters. The van der Waals surface area contributed by atoms with E-state index in [-0.39, 0.29) is 18.4 Å². The molecule has 0 heterocycles. The fraction of sp³-hybridized carbons (Fsp3) is 0.571. The Morgan fingerprint density at radius 3 is 2.67 bits per heavy atom. The van der Waals surface area contributed by atoms with Crippen molar-refractivity contribution in [2.75, 3.05) is 0 Å². The van der Waals surface area contributed by atoms with E-state index in [0.29, 0.717) is 28.6 Å². The number of hydrogen-bond donors (Lipinski definition) is 1. The van der Waals surface area contributed by atoms with E-state index in [1.807, 2.05) is 20.8 Å². The second-order valence-electron chi connectivity index (χ2n) is 7.92. The van der Waals surface area contributed by atoms with Crippen LogP contribution < -0.4 is 4.74 Å². The largest absolute Gasteiger partial charge is 0.477 e. The van der Waals surface area contributed by atoms with Crippen molar-refractivity contribution in [1.82, 2.24) is 0 Å². The lowest BCUT2D eigenvalue weighted by atomic mass is 9.59. The molecule has 0 saturated heterocycles. The third-order valence-corrected chi connectivity index (χ3v) is 6.06. The summed E-state index contributed by atoms with van der Waals surface area (Å²) in [5.74, 6) is 2.37. The summed E-state index contributed by atoms with van der Waals surface area (Å²) in [6, 6.07) is 4.80. The number of carbonyl (C=O) groups is 1. The molecule has 1 aromatic carbocycles. The van der Waals surface area contributed by atoms with Crippen molar-refractivity contribution < 1.29 is 19.4 Å². The van der Waals surface area contributed by atoms with Gasteiger partial charge in [0.15, 0.2) is 6.10 Å². The van der Waals surface area contributed by atoms with Gasteiger partial charge in [-0.05, 0) is 49.3 Å². The van der Waals surface area contributed by atoms with Gasteiger partial charge in [-0.15, -0.1) is 12.3 Å². The normalized spacial score (nSPS) is 28.1. The van der Waals surface area contributed by atoms with E-state index >= 15 is 0 Å². The van der Waals surface area contributed by atoms with Gasteiger partial charge in [0.05, 0.1) is 10.6 Å².